The van der Waals surface area contributed by atoms with Crippen molar-refractivity contribution in [3.8, 4) is 5.75 Å². The summed E-state index contributed by atoms with van der Waals surface area (Å²) < 4.78 is 6.60. The molecule has 0 aliphatic heterocycles. The fourth-order valence-electron chi connectivity index (χ4n) is 2.06. The number of aliphatic hydroxyl groups is 1. The predicted octanol–water partition coefficient (Wildman–Crippen LogP) is 4.26. The minimum absolute atomic E-state index is 0.0269. The van der Waals surface area contributed by atoms with E-state index in [-0.39, 0.29) is 6.61 Å². The second-order valence-corrected chi connectivity index (χ2v) is 5.71. The molecule has 112 valence electrons. The normalized spacial score (nSPS) is 10.5. The summed E-state index contributed by atoms with van der Waals surface area (Å²) in [7, 11) is 0. The third kappa shape index (κ3) is 4.22. The third-order valence-electron chi connectivity index (χ3n) is 3.26. The van der Waals surface area contributed by atoms with Crippen molar-refractivity contribution >= 4 is 21.6 Å². The summed E-state index contributed by atoms with van der Waals surface area (Å²) in [6.07, 6.45) is 0. The SMILES string of the molecule is CCOc1ccc(NCc2ccc(C)c(Br)c2)cc1CO. The van der Waals surface area contributed by atoms with Crippen LogP contribution in [0.25, 0.3) is 0 Å². The zero-order chi connectivity index (χ0) is 15.2. The molecule has 4 heteroatoms. The minimum atomic E-state index is -0.0269. The van der Waals surface area contributed by atoms with Crippen LogP contribution in [-0.2, 0) is 13.2 Å². The van der Waals surface area contributed by atoms with Gasteiger partial charge in [0.05, 0.1) is 13.2 Å². The van der Waals surface area contributed by atoms with Crippen LogP contribution in [0.3, 0.4) is 0 Å². The first-order valence-corrected chi connectivity index (χ1v) is 7.78. The highest BCUT2D eigenvalue weighted by Gasteiger charge is 2.04. The van der Waals surface area contributed by atoms with Gasteiger partial charge in [-0.1, -0.05) is 28.1 Å². The Bertz CT molecular complexity index is 614. The highest BCUT2D eigenvalue weighted by atomic mass is 79.9. The molecular formula is C17H20BrNO2. The molecule has 3 nitrogen and oxygen atoms in total. The first-order valence-electron chi connectivity index (χ1n) is 6.99. The lowest BCUT2D eigenvalue weighted by Gasteiger charge is -2.12. The quantitative estimate of drug-likeness (QED) is 0.818. The number of halogens is 1. The Kier molecular flexibility index (Phi) is 5.65. The Hall–Kier alpha value is -1.52. The lowest BCUT2D eigenvalue weighted by molar-refractivity contribution is 0.267. The second-order valence-electron chi connectivity index (χ2n) is 4.85. The summed E-state index contributed by atoms with van der Waals surface area (Å²) in [5.74, 6) is 0.739. The van der Waals surface area contributed by atoms with Crippen LogP contribution in [0.15, 0.2) is 40.9 Å². The number of aryl methyl sites for hydroxylation is 1. The van der Waals surface area contributed by atoms with Crippen LogP contribution in [-0.4, -0.2) is 11.7 Å². The van der Waals surface area contributed by atoms with E-state index >= 15 is 0 Å². The molecule has 0 bridgehead atoms. The highest BCUT2D eigenvalue weighted by molar-refractivity contribution is 9.10. The molecule has 0 saturated carbocycles. The molecule has 0 spiro atoms. The van der Waals surface area contributed by atoms with Crippen molar-refractivity contribution in [2.24, 2.45) is 0 Å². The van der Waals surface area contributed by atoms with Crippen LogP contribution in [0, 0.1) is 6.92 Å². The average Bonchev–Trinajstić information content (AvgIpc) is 2.49. The maximum atomic E-state index is 9.41. The van der Waals surface area contributed by atoms with Crippen molar-refractivity contribution in [2.75, 3.05) is 11.9 Å². The molecule has 0 saturated heterocycles. The molecule has 2 aromatic rings. The molecule has 0 aliphatic rings. The van der Waals surface area contributed by atoms with Crippen LogP contribution in [0.4, 0.5) is 5.69 Å². The van der Waals surface area contributed by atoms with Gasteiger partial charge in [-0.05, 0) is 49.2 Å². The van der Waals surface area contributed by atoms with Crippen molar-refractivity contribution in [2.45, 2.75) is 27.0 Å². The third-order valence-corrected chi connectivity index (χ3v) is 4.12. The van der Waals surface area contributed by atoms with Gasteiger partial charge in [0, 0.05) is 22.3 Å². The molecule has 0 aromatic heterocycles. The van der Waals surface area contributed by atoms with E-state index in [1.165, 1.54) is 11.1 Å². The molecule has 0 amide bonds. The standard InChI is InChI=1S/C17H20BrNO2/c1-3-21-17-7-6-15(9-14(17)11-20)19-10-13-5-4-12(2)16(18)8-13/h4-9,19-20H,3,10-11H2,1-2H3. The van der Waals surface area contributed by atoms with Gasteiger partial charge < -0.3 is 15.2 Å². The molecular weight excluding hydrogens is 330 g/mol. The van der Waals surface area contributed by atoms with Gasteiger partial charge in [-0.25, -0.2) is 0 Å². The van der Waals surface area contributed by atoms with Crippen LogP contribution in [0.1, 0.15) is 23.6 Å². The zero-order valence-corrected chi connectivity index (χ0v) is 13.9. The maximum absolute atomic E-state index is 9.41. The molecule has 0 radical (unpaired) electrons. The van der Waals surface area contributed by atoms with Gasteiger partial charge in [0.25, 0.3) is 0 Å². The van der Waals surface area contributed by atoms with E-state index in [1.807, 2.05) is 25.1 Å². The molecule has 0 unspecified atom stereocenters. The molecule has 0 fully saturated rings. The first kappa shape index (κ1) is 15.9. The van der Waals surface area contributed by atoms with E-state index in [9.17, 15) is 5.11 Å². The number of benzene rings is 2. The van der Waals surface area contributed by atoms with E-state index in [1.54, 1.807) is 0 Å². The number of hydrogen-bond donors (Lipinski definition) is 2. The lowest BCUT2D eigenvalue weighted by atomic mass is 10.1. The lowest BCUT2D eigenvalue weighted by Crippen LogP contribution is -2.02. The van der Waals surface area contributed by atoms with Crippen LogP contribution < -0.4 is 10.1 Å². The topological polar surface area (TPSA) is 41.5 Å². The largest absolute Gasteiger partial charge is 0.494 e. The van der Waals surface area contributed by atoms with Gasteiger partial charge in [-0.15, -0.1) is 0 Å². The van der Waals surface area contributed by atoms with Gasteiger partial charge in [0.1, 0.15) is 5.75 Å². The highest BCUT2D eigenvalue weighted by Crippen LogP contribution is 2.24. The molecule has 2 aromatic carbocycles. The Labute approximate surface area is 134 Å². The number of nitrogens with one attached hydrogen (secondary N) is 1. The summed E-state index contributed by atoms with van der Waals surface area (Å²) in [5, 5.41) is 12.8. The molecule has 21 heavy (non-hydrogen) atoms. The second kappa shape index (κ2) is 7.48. The van der Waals surface area contributed by atoms with Crippen molar-refractivity contribution in [1.29, 1.82) is 0 Å². The monoisotopic (exact) mass is 349 g/mol. The van der Waals surface area contributed by atoms with E-state index in [4.69, 9.17) is 4.74 Å². The molecule has 0 aliphatic carbocycles. The number of anilines is 1. The maximum Gasteiger partial charge on any atom is 0.124 e. The Balaban J connectivity index is 2.07. The Morgan fingerprint density at radius 3 is 2.67 bits per heavy atom. The number of ether oxygens (including phenoxy) is 1. The van der Waals surface area contributed by atoms with E-state index in [2.05, 4.69) is 46.4 Å². The van der Waals surface area contributed by atoms with Crippen molar-refractivity contribution in [3.05, 3.63) is 57.6 Å². The van der Waals surface area contributed by atoms with Gasteiger partial charge in [0.2, 0.25) is 0 Å². The average molecular weight is 350 g/mol. The molecule has 0 heterocycles. The van der Waals surface area contributed by atoms with Gasteiger partial charge in [0.15, 0.2) is 0 Å². The van der Waals surface area contributed by atoms with Gasteiger partial charge in [-0.2, -0.15) is 0 Å². The zero-order valence-electron chi connectivity index (χ0n) is 12.3. The van der Waals surface area contributed by atoms with Crippen LogP contribution >= 0.6 is 15.9 Å². The van der Waals surface area contributed by atoms with Crippen LogP contribution in [0.5, 0.6) is 5.75 Å². The molecule has 0 atom stereocenters. The summed E-state index contributed by atoms with van der Waals surface area (Å²) in [6, 6.07) is 12.1. The fraction of sp³-hybridized carbons (Fsp3) is 0.294. The van der Waals surface area contributed by atoms with Crippen LogP contribution in [0.2, 0.25) is 0 Å². The van der Waals surface area contributed by atoms with E-state index in [0.717, 1.165) is 28.0 Å². The summed E-state index contributed by atoms with van der Waals surface area (Å²) >= 11 is 3.54. The van der Waals surface area contributed by atoms with E-state index < -0.39 is 0 Å². The number of rotatable bonds is 6. The number of aliphatic hydroxyl groups excluding tert-OH is 1. The minimum Gasteiger partial charge on any atom is -0.494 e. The summed E-state index contributed by atoms with van der Waals surface area (Å²) in [6.45, 7) is 5.31. The first-order chi connectivity index (χ1) is 10.1. The van der Waals surface area contributed by atoms with Gasteiger partial charge >= 0.3 is 0 Å². The van der Waals surface area contributed by atoms with E-state index in [0.29, 0.717) is 6.61 Å². The van der Waals surface area contributed by atoms with Crippen molar-refractivity contribution in [3.63, 3.8) is 0 Å². The summed E-state index contributed by atoms with van der Waals surface area (Å²) in [5.41, 5.74) is 4.19. The molecule has 2 N–H and O–H groups in total. The van der Waals surface area contributed by atoms with Crippen molar-refractivity contribution in [1.82, 2.24) is 0 Å². The fourth-order valence-corrected chi connectivity index (χ4v) is 2.49. The smallest absolute Gasteiger partial charge is 0.124 e. The predicted molar refractivity (Wildman–Crippen MR) is 89.7 cm³/mol. The number of hydrogen-bond acceptors (Lipinski definition) is 3. The Morgan fingerprint density at radius 2 is 2.00 bits per heavy atom. The van der Waals surface area contributed by atoms with Crippen molar-refractivity contribution < 1.29 is 9.84 Å². The summed E-state index contributed by atoms with van der Waals surface area (Å²) in [4.78, 5) is 0. The van der Waals surface area contributed by atoms with Gasteiger partial charge in [-0.3, -0.25) is 0 Å². The Morgan fingerprint density at radius 1 is 1.19 bits per heavy atom. The molecule has 2 rings (SSSR count).